The van der Waals surface area contributed by atoms with Crippen LogP contribution in [-0.4, -0.2) is 34.8 Å². The van der Waals surface area contributed by atoms with Gasteiger partial charge in [-0.1, -0.05) is 5.10 Å². The highest BCUT2D eigenvalue weighted by Gasteiger charge is 2.17. The minimum Gasteiger partial charge on any atom is -0.403 e. The summed E-state index contributed by atoms with van der Waals surface area (Å²) in [4.78, 5) is 40.7. The number of amides is 1. The van der Waals surface area contributed by atoms with Gasteiger partial charge in [-0.25, -0.2) is 14.2 Å². The van der Waals surface area contributed by atoms with Crippen LogP contribution in [0.2, 0.25) is 0 Å². The average molecular weight is 399 g/mol. The van der Waals surface area contributed by atoms with Gasteiger partial charge in [0, 0.05) is 19.7 Å². The van der Waals surface area contributed by atoms with Gasteiger partial charge in [-0.15, -0.1) is 5.10 Å². The molecule has 29 heavy (non-hydrogen) atoms. The molecule has 148 valence electrons. The van der Waals surface area contributed by atoms with Gasteiger partial charge in [0.2, 0.25) is 11.8 Å². The lowest BCUT2D eigenvalue weighted by Gasteiger charge is -2.06. The van der Waals surface area contributed by atoms with Gasteiger partial charge in [-0.05, 0) is 24.3 Å². The molecule has 0 aliphatic carbocycles. The quantitative estimate of drug-likeness (QED) is 0.521. The second-order valence-corrected chi connectivity index (χ2v) is 6.22. The van der Waals surface area contributed by atoms with Crippen molar-refractivity contribution in [3.63, 3.8) is 0 Å². The van der Waals surface area contributed by atoms with Crippen LogP contribution in [0.5, 0.6) is 0 Å². The summed E-state index contributed by atoms with van der Waals surface area (Å²) in [6.45, 7) is -0.266. The van der Waals surface area contributed by atoms with E-state index < -0.39 is 23.0 Å². The minimum atomic E-state index is -0.565. The third-order valence-electron chi connectivity index (χ3n) is 4.29. The van der Waals surface area contributed by atoms with Gasteiger partial charge in [0.1, 0.15) is 12.4 Å². The fraction of sp³-hybridized carbons (Fsp3) is 0.176. The average Bonchev–Trinajstić information content (AvgIpc) is 3.32. The van der Waals surface area contributed by atoms with Gasteiger partial charge in [0.15, 0.2) is 11.2 Å². The molecule has 0 fully saturated rings. The Bertz CT molecular complexity index is 1350. The Morgan fingerprint density at radius 3 is 2.59 bits per heavy atom. The number of imidazole rings is 1. The maximum atomic E-state index is 13.0. The fourth-order valence-electron chi connectivity index (χ4n) is 2.81. The summed E-state index contributed by atoms with van der Waals surface area (Å²) in [6.07, 6.45) is 1.29. The van der Waals surface area contributed by atoms with Crippen LogP contribution < -0.4 is 16.6 Å². The summed E-state index contributed by atoms with van der Waals surface area (Å²) in [5.41, 5.74) is -0.310. The van der Waals surface area contributed by atoms with E-state index in [2.05, 4.69) is 20.5 Å². The molecule has 0 bridgehead atoms. The summed E-state index contributed by atoms with van der Waals surface area (Å²) in [5, 5.41) is 9.95. The SMILES string of the molecule is Cn1c(=O)c2c(ncn2CC(=O)Nc2nnc(-c3ccc(F)cc3)o2)n(C)c1=O. The molecule has 1 aromatic carbocycles. The standard InChI is InChI=1S/C17H14FN7O4/c1-23-13-12(15(27)24(2)17(23)28)25(8-19-13)7-11(26)20-16-22-21-14(29-16)9-3-5-10(18)6-4-9/h3-6,8H,7H2,1-2H3,(H,20,22,26). The third kappa shape index (κ3) is 3.20. The topological polar surface area (TPSA) is 130 Å². The molecule has 1 N–H and O–H groups in total. The Labute approximate surface area is 161 Å². The first-order chi connectivity index (χ1) is 13.8. The van der Waals surface area contributed by atoms with Crippen molar-refractivity contribution in [3.8, 4) is 11.5 Å². The third-order valence-corrected chi connectivity index (χ3v) is 4.29. The largest absolute Gasteiger partial charge is 0.403 e. The second-order valence-electron chi connectivity index (χ2n) is 6.22. The molecule has 0 aliphatic heterocycles. The first-order valence-corrected chi connectivity index (χ1v) is 8.35. The number of rotatable bonds is 4. The summed E-state index contributed by atoms with van der Waals surface area (Å²) in [7, 11) is 2.83. The Morgan fingerprint density at radius 1 is 1.14 bits per heavy atom. The van der Waals surface area contributed by atoms with E-state index in [9.17, 15) is 18.8 Å². The van der Waals surface area contributed by atoms with Crippen LogP contribution in [0.4, 0.5) is 10.4 Å². The number of aromatic nitrogens is 6. The van der Waals surface area contributed by atoms with E-state index in [-0.39, 0.29) is 29.6 Å². The molecule has 11 nitrogen and oxygen atoms in total. The lowest BCUT2D eigenvalue weighted by Crippen LogP contribution is -2.37. The number of fused-ring (bicyclic) bond motifs is 1. The van der Waals surface area contributed by atoms with Crippen molar-refractivity contribution < 1.29 is 13.6 Å². The molecule has 1 amide bonds. The molecular formula is C17H14FN7O4. The Kier molecular flexibility index (Phi) is 4.30. The zero-order chi connectivity index (χ0) is 20.7. The van der Waals surface area contributed by atoms with Gasteiger partial charge in [0.05, 0.1) is 6.33 Å². The van der Waals surface area contributed by atoms with E-state index in [1.807, 2.05) is 0 Å². The van der Waals surface area contributed by atoms with Crippen molar-refractivity contribution in [1.82, 2.24) is 28.9 Å². The van der Waals surface area contributed by atoms with Crippen molar-refractivity contribution in [3.05, 3.63) is 57.2 Å². The van der Waals surface area contributed by atoms with Crippen LogP contribution in [-0.2, 0) is 25.4 Å². The molecule has 0 saturated heterocycles. The summed E-state index contributed by atoms with van der Waals surface area (Å²) < 4.78 is 21.8. The Morgan fingerprint density at radius 2 is 1.86 bits per heavy atom. The first-order valence-electron chi connectivity index (χ1n) is 8.35. The van der Waals surface area contributed by atoms with Gasteiger partial charge in [0.25, 0.3) is 5.56 Å². The maximum Gasteiger partial charge on any atom is 0.332 e. The molecule has 0 atom stereocenters. The van der Waals surface area contributed by atoms with E-state index in [0.717, 1.165) is 4.57 Å². The van der Waals surface area contributed by atoms with E-state index in [0.29, 0.717) is 5.56 Å². The van der Waals surface area contributed by atoms with Crippen LogP contribution in [0.3, 0.4) is 0 Å². The highest BCUT2D eigenvalue weighted by atomic mass is 19.1. The Hall–Kier alpha value is -4.09. The molecule has 3 heterocycles. The Balaban J connectivity index is 1.56. The smallest absolute Gasteiger partial charge is 0.332 e. The summed E-state index contributed by atoms with van der Waals surface area (Å²) >= 11 is 0. The van der Waals surface area contributed by atoms with Gasteiger partial charge in [-0.2, -0.15) is 0 Å². The number of anilines is 1. The molecule has 0 radical (unpaired) electrons. The van der Waals surface area contributed by atoms with Crippen LogP contribution in [0.1, 0.15) is 0 Å². The molecule has 0 saturated carbocycles. The molecular weight excluding hydrogens is 385 g/mol. The van der Waals surface area contributed by atoms with Crippen molar-refractivity contribution in [2.24, 2.45) is 14.1 Å². The number of benzene rings is 1. The predicted octanol–water partition coefficient (Wildman–Crippen LogP) is 0.261. The van der Waals surface area contributed by atoms with E-state index in [4.69, 9.17) is 4.42 Å². The van der Waals surface area contributed by atoms with Crippen LogP contribution >= 0.6 is 0 Å². The van der Waals surface area contributed by atoms with Crippen molar-refractivity contribution >= 4 is 23.1 Å². The number of nitrogens with one attached hydrogen (secondary N) is 1. The number of nitrogens with zero attached hydrogens (tertiary/aromatic N) is 6. The number of hydrogen-bond donors (Lipinski definition) is 1. The number of halogens is 1. The molecule has 0 spiro atoms. The predicted molar refractivity (Wildman–Crippen MR) is 98.5 cm³/mol. The lowest BCUT2D eigenvalue weighted by molar-refractivity contribution is -0.116. The number of carbonyl (C=O) groups excluding carboxylic acids is 1. The minimum absolute atomic E-state index is 0.109. The van der Waals surface area contributed by atoms with E-state index >= 15 is 0 Å². The second kappa shape index (κ2) is 6.82. The molecule has 4 rings (SSSR count). The van der Waals surface area contributed by atoms with E-state index in [1.54, 1.807) is 0 Å². The molecule has 0 unspecified atom stereocenters. The zero-order valence-corrected chi connectivity index (χ0v) is 15.3. The fourth-order valence-corrected chi connectivity index (χ4v) is 2.81. The monoisotopic (exact) mass is 399 g/mol. The highest BCUT2D eigenvalue weighted by molar-refractivity contribution is 5.89. The molecule has 0 aliphatic rings. The normalized spacial score (nSPS) is 11.1. The van der Waals surface area contributed by atoms with Gasteiger partial charge in [-0.3, -0.25) is 24.0 Å². The number of aryl methyl sites for hydroxylation is 1. The molecule has 3 aromatic heterocycles. The van der Waals surface area contributed by atoms with Crippen molar-refractivity contribution in [2.75, 3.05) is 5.32 Å². The number of hydrogen-bond acceptors (Lipinski definition) is 7. The molecule has 12 heteroatoms. The van der Waals surface area contributed by atoms with Crippen molar-refractivity contribution in [2.45, 2.75) is 6.54 Å². The maximum absolute atomic E-state index is 13.0. The van der Waals surface area contributed by atoms with Crippen LogP contribution in [0.25, 0.3) is 22.6 Å². The van der Waals surface area contributed by atoms with Gasteiger partial charge >= 0.3 is 11.7 Å². The zero-order valence-electron chi connectivity index (χ0n) is 15.3. The molecule has 4 aromatic rings. The lowest BCUT2D eigenvalue weighted by atomic mass is 10.2. The first kappa shape index (κ1) is 18.3. The summed E-state index contributed by atoms with van der Waals surface area (Å²) in [5.74, 6) is -0.843. The van der Waals surface area contributed by atoms with Gasteiger partial charge < -0.3 is 8.98 Å². The summed E-state index contributed by atoms with van der Waals surface area (Å²) in [6, 6.07) is 5.27. The van der Waals surface area contributed by atoms with E-state index in [1.165, 1.54) is 53.8 Å². The van der Waals surface area contributed by atoms with Crippen molar-refractivity contribution in [1.29, 1.82) is 0 Å². The highest BCUT2D eigenvalue weighted by Crippen LogP contribution is 2.20. The van der Waals surface area contributed by atoms with Crippen LogP contribution in [0.15, 0.2) is 44.6 Å². The number of carbonyl (C=O) groups is 1. The van der Waals surface area contributed by atoms with Crippen LogP contribution in [0, 0.1) is 5.82 Å².